The Kier molecular flexibility index (Phi) is 6.25. The van der Waals surface area contributed by atoms with Crippen LogP contribution in [0.15, 0.2) is 24.3 Å². The smallest absolute Gasteiger partial charge is 0.119 e. The molecule has 1 N–H and O–H groups in total. The van der Waals surface area contributed by atoms with Gasteiger partial charge in [0.25, 0.3) is 0 Å². The first-order valence-electron chi connectivity index (χ1n) is 6.94. The van der Waals surface area contributed by atoms with Crippen LogP contribution in [0.3, 0.4) is 0 Å². The highest BCUT2D eigenvalue weighted by molar-refractivity contribution is 7.99. The molecule has 20 heavy (non-hydrogen) atoms. The second kappa shape index (κ2) is 8.21. The summed E-state index contributed by atoms with van der Waals surface area (Å²) in [5.74, 6) is 7.59. The second-order valence-electron chi connectivity index (χ2n) is 4.81. The predicted molar refractivity (Wildman–Crippen MR) is 84.3 cm³/mol. The fourth-order valence-electron chi connectivity index (χ4n) is 2.16. The van der Waals surface area contributed by atoms with E-state index in [9.17, 15) is 0 Å². The maximum atomic E-state index is 8.64. The highest BCUT2D eigenvalue weighted by atomic mass is 32.2. The van der Waals surface area contributed by atoms with Gasteiger partial charge >= 0.3 is 0 Å². The third-order valence-corrected chi connectivity index (χ3v) is 4.30. The van der Waals surface area contributed by atoms with Crippen LogP contribution in [0.25, 0.3) is 0 Å². The zero-order valence-corrected chi connectivity index (χ0v) is 12.7. The average molecular weight is 291 g/mol. The Morgan fingerprint density at radius 3 is 2.90 bits per heavy atom. The Morgan fingerprint density at radius 2 is 2.20 bits per heavy atom. The lowest BCUT2D eigenvalue weighted by Gasteiger charge is -2.30. The molecule has 3 nitrogen and oxygen atoms in total. The van der Waals surface area contributed by atoms with Crippen molar-refractivity contribution in [3.63, 3.8) is 0 Å². The summed E-state index contributed by atoms with van der Waals surface area (Å²) in [6, 6.07) is 7.68. The van der Waals surface area contributed by atoms with Gasteiger partial charge in [0.05, 0.1) is 0 Å². The number of benzene rings is 1. The van der Waals surface area contributed by atoms with Gasteiger partial charge in [-0.15, -0.1) is 0 Å². The second-order valence-corrected chi connectivity index (χ2v) is 6.36. The molecule has 0 aliphatic carbocycles. The van der Waals surface area contributed by atoms with E-state index in [0.29, 0.717) is 0 Å². The van der Waals surface area contributed by atoms with Crippen LogP contribution in [-0.2, 0) is 0 Å². The molecule has 0 saturated carbocycles. The number of thioether (sulfide) groups is 1. The van der Waals surface area contributed by atoms with Crippen LogP contribution in [0.2, 0.25) is 0 Å². The lowest BCUT2D eigenvalue weighted by Crippen LogP contribution is -2.39. The van der Waals surface area contributed by atoms with E-state index in [1.54, 1.807) is 0 Å². The van der Waals surface area contributed by atoms with Gasteiger partial charge < -0.3 is 9.84 Å². The largest absolute Gasteiger partial charge is 0.492 e. The number of ether oxygens (including phenoxy) is 1. The van der Waals surface area contributed by atoms with Gasteiger partial charge in [-0.1, -0.05) is 18.8 Å². The van der Waals surface area contributed by atoms with Crippen LogP contribution < -0.4 is 4.74 Å². The van der Waals surface area contributed by atoms with E-state index in [2.05, 4.69) is 23.7 Å². The third kappa shape index (κ3) is 5.09. The third-order valence-electron chi connectivity index (χ3n) is 3.17. The zero-order valence-electron chi connectivity index (χ0n) is 11.8. The minimum atomic E-state index is -0.106. The van der Waals surface area contributed by atoms with E-state index in [0.717, 1.165) is 42.8 Å². The van der Waals surface area contributed by atoms with Crippen molar-refractivity contribution in [1.29, 1.82) is 0 Å². The molecule has 0 spiro atoms. The standard InChI is InChI=1S/C16H21NO2S/c1-14-13-17(9-12-20-14)8-11-19-16-6-4-15(5-7-16)3-2-10-18/h4-7,14,18H,8-13H2,1H3. The Bertz CT molecular complexity index is 464. The number of aliphatic hydroxyl groups excluding tert-OH is 1. The van der Waals surface area contributed by atoms with Crippen molar-refractivity contribution in [2.24, 2.45) is 0 Å². The van der Waals surface area contributed by atoms with Crippen molar-refractivity contribution in [2.75, 3.05) is 38.6 Å². The Hall–Kier alpha value is -1.15. The number of nitrogens with zero attached hydrogens (tertiary/aromatic N) is 1. The monoisotopic (exact) mass is 291 g/mol. The first kappa shape index (κ1) is 15.2. The molecule has 1 unspecified atom stereocenters. The van der Waals surface area contributed by atoms with Crippen LogP contribution in [0.5, 0.6) is 5.75 Å². The first-order valence-corrected chi connectivity index (χ1v) is 7.99. The van der Waals surface area contributed by atoms with Gasteiger partial charge in [-0.05, 0) is 24.3 Å². The summed E-state index contributed by atoms with van der Waals surface area (Å²) in [4.78, 5) is 2.46. The van der Waals surface area contributed by atoms with E-state index in [1.165, 1.54) is 5.75 Å². The summed E-state index contributed by atoms with van der Waals surface area (Å²) in [6.45, 7) is 6.20. The summed E-state index contributed by atoms with van der Waals surface area (Å²) in [6.07, 6.45) is 0. The number of hydrogen-bond acceptors (Lipinski definition) is 4. The molecule has 4 heteroatoms. The summed E-state index contributed by atoms with van der Waals surface area (Å²) in [7, 11) is 0. The van der Waals surface area contributed by atoms with E-state index >= 15 is 0 Å². The molecule has 0 aromatic heterocycles. The molecule has 0 bridgehead atoms. The van der Waals surface area contributed by atoms with Gasteiger partial charge in [-0.25, -0.2) is 0 Å². The van der Waals surface area contributed by atoms with Gasteiger partial charge in [0.1, 0.15) is 19.0 Å². The van der Waals surface area contributed by atoms with Crippen LogP contribution in [-0.4, -0.2) is 53.9 Å². The minimum Gasteiger partial charge on any atom is -0.492 e. The average Bonchev–Trinajstić information content (AvgIpc) is 2.46. The SMILES string of the molecule is CC1CN(CCOc2ccc(C#CCO)cc2)CCS1. The van der Waals surface area contributed by atoms with Crippen molar-refractivity contribution < 1.29 is 9.84 Å². The fourth-order valence-corrected chi connectivity index (χ4v) is 3.24. The van der Waals surface area contributed by atoms with Crippen molar-refractivity contribution in [1.82, 2.24) is 4.90 Å². The molecule has 0 amide bonds. The lowest BCUT2D eigenvalue weighted by atomic mass is 10.2. The van der Waals surface area contributed by atoms with Crippen molar-refractivity contribution in [2.45, 2.75) is 12.2 Å². The molecule has 1 aromatic rings. The van der Waals surface area contributed by atoms with Gasteiger partial charge in [0.2, 0.25) is 0 Å². The molecule has 1 fully saturated rings. The van der Waals surface area contributed by atoms with Crippen LogP contribution in [0, 0.1) is 11.8 Å². The van der Waals surface area contributed by atoms with Crippen LogP contribution >= 0.6 is 11.8 Å². The molecule has 0 radical (unpaired) electrons. The normalized spacial score (nSPS) is 19.2. The topological polar surface area (TPSA) is 32.7 Å². The molecule has 1 heterocycles. The Balaban J connectivity index is 1.73. The molecule has 1 atom stereocenters. The lowest BCUT2D eigenvalue weighted by molar-refractivity contribution is 0.215. The van der Waals surface area contributed by atoms with Crippen LogP contribution in [0.4, 0.5) is 0 Å². The summed E-state index contributed by atoms with van der Waals surface area (Å²) in [5.41, 5.74) is 0.897. The minimum absolute atomic E-state index is 0.106. The predicted octanol–water partition coefficient (Wildman–Crippen LogP) is 1.85. The Labute approximate surface area is 125 Å². The molecular formula is C16H21NO2S. The highest BCUT2D eigenvalue weighted by Gasteiger charge is 2.15. The van der Waals surface area contributed by atoms with E-state index in [4.69, 9.17) is 9.84 Å². The molecular weight excluding hydrogens is 270 g/mol. The number of rotatable bonds is 4. The Morgan fingerprint density at radius 1 is 1.40 bits per heavy atom. The van der Waals surface area contributed by atoms with Gasteiger partial charge in [0, 0.05) is 36.2 Å². The van der Waals surface area contributed by atoms with Gasteiger partial charge in [-0.2, -0.15) is 11.8 Å². The summed E-state index contributed by atoms with van der Waals surface area (Å²) >= 11 is 2.05. The van der Waals surface area contributed by atoms with E-state index in [1.807, 2.05) is 36.0 Å². The number of hydrogen-bond donors (Lipinski definition) is 1. The summed E-state index contributed by atoms with van der Waals surface area (Å²) < 4.78 is 5.76. The maximum absolute atomic E-state index is 8.64. The molecule has 108 valence electrons. The van der Waals surface area contributed by atoms with Gasteiger partial charge in [-0.3, -0.25) is 4.90 Å². The van der Waals surface area contributed by atoms with Crippen molar-refractivity contribution in [3.05, 3.63) is 29.8 Å². The van der Waals surface area contributed by atoms with Crippen molar-refractivity contribution in [3.8, 4) is 17.6 Å². The van der Waals surface area contributed by atoms with Crippen molar-refractivity contribution >= 4 is 11.8 Å². The summed E-state index contributed by atoms with van der Waals surface area (Å²) in [5, 5.41) is 9.37. The van der Waals surface area contributed by atoms with E-state index < -0.39 is 0 Å². The van der Waals surface area contributed by atoms with Gasteiger partial charge in [0.15, 0.2) is 0 Å². The zero-order chi connectivity index (χ0) is 14.2. The molecule has 1 saturated heterocycles. The molecule has 1 aliphatic heterocycles. The first-order chi connectivity index (χ1) is 9.78. The molecule has 1 aromatic carbocycles. The van der Waals surface area contributed by atoms with Crippen LogP contribution in [0.1, 0.15) is 12.5 Å². The quantitative estimate of drug-likeness (QED) is 0.858. The fraction of sp³-hybridized carbons (Fsp3) is 0.500. The number of aliphatic hydroxyl groups is 1. The van der Waals surface area contributed by atoms with E-state index in [-0.39, 0.29) is 6.61 Å². The maximum Gasteiger partial charge on any atom is 0.119 e. The molecule has 2 rings (SSSR count). The molecule has 1 aliphatic rings. The highest BCUT2D eigenvalue weighted by Crippen LogP contribution is 2.17.